The van der Waals surface area contributed by atoms with Crippen molar-refractivity contribution < 1.29 is 24.2 Å². The fraction of sp³-hybridized carbons (Fsp3) is 0.0870. The van der Waals surface area contributed by atoms with Crippen molar-refractivity contribution in [2.75, 3.05) is 12.4 Å². The van der Waals surface area contributed by atoms with Crippen LogP contribution >= 0.6 is 11.6 Å². The Morgan fingerprint density at radius 3 is 2.56 bits per heavy atom. The maximum absolute atomic E-state index is 11.9. The van der Waals surface area contributed by atoms with Crippen LogP contribution in [-0.2, 0) is 6.61 Å². The zero-order valence-electron chi connectivity index (χ0n) is 17.0. The molecule has 0 fully saturated rings. The zero-order chi connectivity index (χ0) is 22.9. The lowest BCUT2D eigenvalue weighted by Gasteiger charge is -2.11. The number of amides is 2. The second-order valence-corrected chi connectivity index (χ2v) is 6.97. The summed E-state index contributed by atoms with van der Waals surface area (Å²) in [5.74, 6) is -0.0451. The number of halogens is 1. The fourth-order valence-corrected chi connectivity index (χ4v) is 2.82. The van der Waals surface area contributed by atoms with Crippen molar-refractivity contribution in [1.82, 2.24) is 5.43 Å². The number of rotatable bonds is 8. The molecule has 0 radical (unpaired) electrons. The number of anilines is 1. The van der Waals surface area contributed by atoms with Crippen LogP contribution in [0.4, 0.5) is 10.5 Å². The first-order chi connectivity index (χ1) is 15.4. The Kier molecular flexibility index (Phi) is 7.66. The number of hydrogen-bond donors (Lipinski definition) is 3. The molecule has 3 aromatic carbocycles. The van der Waals surface area contributed by atoms with E-state index in [0.717, 1.165) is 0 Å². The molecule has 0 unspecified atom stereocenters. The van der Waals surface area contributed by atoms with E-state index in [1.54, 1.807) is 60.7 Å². The van der Waals surface area contributed by atoms with Crippen LogP contribution in [0.25, 0.3) is 0 Å². The first-order valence-corrected chi connectivity index (χ1v) is 9.81. The number of nitrogens with zero attached hydrogens (tertiary/aromatic N) is 1. The van der Waals surface area contributed by atoms with Gasteiger partial charge in [-0.1, -0.05) is 23.7 Å². The monoisotopic (exact) mass is 453 g/mol. The molecule has 0 bridgehead atoms. The smallest absolute Gasteiger partial charge is 0.339 e. The highest BCUT2D eigenvalue weighted by Gasteiger charge is 2.08. The third-order valence-electron chi connectivity index (χ3n) is 4.24. The maximum atomic E-state index is 11.9. The van der Waals surface area contributed by atoms with Crippen LogP contribution in [-0.4, -0.2) is 30.4 Å². The lowest BCUT2D eigenvalue weighted by molar-refractivity contribution is 0.0696. The number of hydrogen-bond acceptors (Lipinski definition) is 5. The molecular formula is C23H20ClN3O5. The van der Waals surface area contributed by atoms with E-state index in [1.165, 1.54) is 19.4 Å². The molecule has 3 rings (SSSR count). The van der Waals surface area contributed by atoms with Gasteiger partial charge < -0.3 is 19.9 Å². The molecule has 8 nitrogen and oxygen atoms in total. The molecule has 0 spiro atoms. The highest BCUT2D eigenvalue weighted by molar-refractivity contribution is 6.30. The molecule has 3 N–H and O–H groups in total. The van der Waals surface area contributed by atoms with Gasteiger partial charge in [0.2, 0.25) is 0 Å². The van der Waals surface area contributed by atoms with Gasteiger partial charge in [0.05, 0.1) is 18.9 Å². The molecule has 2 amide bonds. The van der Waals surface area contributed by atoms with E-state index in [1.807, 2.05) is 0 Å². The number of hydrazone groups is 1. The molecule has 9 heteroatoms. The number of carboxylic acids is 1. The van der Waals surface area contributed by atoms with E-state index in [9.17, 15) is 9.59 Å². The van der Waals surface area contributed by atoms with E-state index in [-0.39, 0.29) is 12.2 Å². The number of carbonyl (C=O) groups is 2. The molecule has 164 valence electrons. The van der Waals surface area contributed by atoms with E-state index < -0.39 is 12.0 Å². The third kappa shape index (κ3) is 6.48. The first kappa shape index (κ1) is 22.6. The highest BCUT2D eigenvalue weighted by atomic mass is 35.5. The van der Waals surface area contributed by atoms with Crippen LogP contribution in [0.5, 0.6) is 11.5 Å². The highest BCUT2D eigenvalue weighted by Crippen LogP contribution is 2.28. The van der Waals surface area contributed by atoms with Gasteiger partial charge in [-0.25, -0.2) is 15.0 Å². The van der Waals surface area contributed by atoms with Crippen molar-refractivity contribution in [3.05, 3.63) is 88.4 Å². The van der Waals surface area contributed by atoms with Gasteiger partial charge >= 0.3 is 12.0 Å². The summed E-state index contributed by atoms with van der Waals surface area (Å²) in [7, 11) is 1.51. The number of urea groups is 1. The number of carbonyl (C=O) groups excluding carboxylic acids is 1. The summed E-state index contributed by atoms with van der Waals surface area (Å²) in [6, 6.07) is 17.8. The Morgan fingerprint density at radius 2 is 1.84 bits per heavy atom. The average molecular weight is 454 g/mol. The summed E-state index contributed by atoms with van der Waals surface area (Å²) in [6.45, 7) is 0.178. The quantitative estimate of drug-likeness (QED) is 0.336. The zero-order valence-corrected chi connectivity index (χ0v) is 17.8. The number of aromatic carboxylic acids is 1. The summed E-state index contributed by atoms with van der Waals surface area (Å²) in [4.78, 5) is 23.0. The van der Waals surface area contributed by atoms with Crippen molar-refractivity contribution >= 4 is 35.5 Å². The summed E-state index contributed by atoms with van der Waals surface area (Å²) < 4.78 is 11.1. The van der Waals surface area contributed by atoms with Crippen LogP contribution in [0, 0.1) is 0 Å². The normalized spacial score (nSPS) is 10.6. The van der Waals surface area contributed by atoms with Crippen molar-refractivity contribution in [2.45, 2.75) is 6.61 Å². The summed E-state index contributed by atoms with van der Waals surface area (Å²) in [5, 5.41) is 16.2. The molecular weight excluding hydrogens is 434 g/mol. The molecule has 0 aliphatic rings. The van der Waals surface area contributed by atoms with Gasteiger partial charge in [0, 0.05) is 10.7 Å². The summed E-state index contributed by atoms with van der Waals surface area (Å²) >= 11 is 5.81. The third-order valence-corrected chi connectivity index (χ3v) is 4.49. The fourth-order valence-electron chi connectivity index (χ4n) is 2.70. The topological polar surface area (TPSA) is 109 Å². The minimum atomic E-state index is -0.997. The Morgan fingerprint density at radius 1 is 1.06 bits per heavy atom. The average Bonchev–Trinajstić information content (AvgIpc) is 2.79. The minimum absolute atomic E-state index is 0.178. The van der Waals surface area contributed by atoms with Crippen LogP contribution in [0.15, 0.2) is 71.8 Å². The van der Waals surface area contributed by atoms with E-state index in [4.69, 9.17) is 26.2 Å². The van der Waals surface area contributed by atoms with Gasteiger partial charge in [0.15, 0.2) is 11.5 Å². The Labute approximate surface area is 189 Å². The SMILES string of the molecule is COc1cc(/C=N/NC(=O)Nc2ccc(Cl)cc2)ccc1OCc1cccc(C(=O)O)c1. The molecule has 0 saturated carbocycles. The van der Waals surface area contributed by atoms with E-state index in [0.29, 0.717) is 33.3 Å². The first-order valence-electron chi connectivity index (χ1n) is 9.43. The van der Waals surface area contributed by atoms with Crippen LogP contribution in [0.2, 0.25) is 5.02 Å². The molecule has 3 aromatic rings. The van der Waals surface area contributed by atoms with Gasteiger partial charge in [-0.2, -0.15) is 5.10 Å². The van der Waals surface area contributed by atoms with E-state index >= 15 is 0 Å². The minimum Gasteiger partial charge on any atom is -0.493 e. The molecule has 0 aliphatic carbocycles. The van der Waals surface area contributed by atoms with Crippen molar-refractivity contribution in [2.24, 2.45) is 5.10 Å². The van der Waals surface area contributed by atoms with Crippen molar-refractivity contribution in [1.29, 1.82) is 0 Å². The molecule has 0 saturated heterocycles. The largest absolute Gasteiger partial charge is 0.493 e. The maximum Gasteiger partial charge on any atom is 0.339 e. The number of nitrogens with one attached hydrogen (secondary N) is 2. The van der Waals surface area contributed by atoms with Gasteiger partial charge in [-0.05, 0) is 65.7 Å². The summed E-state index contributed by atoms with van der Waals surface area (Å²) in [5.41, 5.74) is 4.54. The van der Waals surface area contributed by atoms with Gasteiger partial charge in [0.25, 0.3) is 0 Å². The van der Waals surface area contributed by atoms with Gasteiger partial charge in [-0.15, -0.1) is 0 Å². The number of benzene rings is 3. The Bertz CT molecular complexity index is 1130. The molecule has 0 atom stereocenters. The molecule has 0 aliphatic heterocycles. The second kappa shape index (κ2) is 10.8. The Hall–Kier alpha value is -4.04. The standard InChI is InChI=1S/C23H20ClN3O5/c1-31-21-12-15(13-25-27-23(30)26-19-8-6-18(24)7-9-19)5-10-20(21)32-14-16-3-2-4-17(11-16)22(28)29/h2-13H,14H2,1H3,(H,28,29)(H2,26,27,30)/b25-13+. The van der Waals surface area contributed by atoms with Gasteiger partial charge in [0.1, 0.15) is 6.61 Å². The second-order valence-electron chi connectivity index (χ2n) is 6.54. The Balaban J connectivity index is 1.58. The molecule has 0 aromatic heterocycles. The number of carboxylic acid groups (broad SMARTS) is 1. The summed E-state index contributed by atoms with van der Waals surface area (Å²) in [6.07, 6.45) is 1.46. The van der Waals surface area contributed by atoms with Crippen LogP contribution in [0.3, 0.4) is 0 Å². The van der Waals surface area contributed by atoms with Crippen LogP contribution in [0.1, 0.15) is 21.5 Å². The number of methoxy groups -OCH3 is 1. The number of ether oxygens (including phenoxy) is 2. The molecule has 32 heavy (non-hydrogen) atoms. The lowest BCUT2D eigenvalue weighted by atomic mass is 10.1. The van der Waals surface area contributed by atoms with E-state index in [2.05, 4.69) is 15.8 Å². The van der Waals surface area contributed by atoms with Gasteiger partial charge in [-0.3, -0.25) is 0 Å². The molecule has 0 heterocycles. The van der Waals surface area contributed by atoms with Crippen molar-refractivity contribution in [3.8, 4) is 11.5 Å². The predicted molar refractivity (Wildman–Crippen MR) is 122 cm³/mol. The predicted octanol–water partition coefficient (Wildman–Crippen LogP) is 4.78. The lowest BCUT2D eigenvalue weighted by Crippen LogP contribution is -2.24. The van der Waals surface area contributed by atoms with Crippen molar-refractivity contribution in [3.63, 3.8) is 0 Å². The van der Waals surface area contributed by atoms with Crippen LogP contribution < -0.4 is 20.2 Å².